The van der Waals surface area contributed by atoms with Gasteiger partial charge in [-0.2, -0.15) is 0 Å². The number of hydrogen-bond acceptors (Lipinski definition) is 3. The average Bonchev–Trinajstić information content (AvgIpc) is 2.56. The van der Waals surface area contributed by atoms with E-state index in [0.717, 1.165) is 42.6 Å². The molecule has 1 aromatic carbocycles. The maximum absolute atomic E-state index is 13.7. The van der Waals surface area contributed by atoms with E-state index in [0.29, 0.717) is 28.5 Å². The molecule has 24 heavy (non-hydrogen) atoms. The Morgan fingerprint density at radius 3 is 2.08 bits per heavy atom. The largest absolute Gasteiger partial charge is 0.362 e. The van der Waals surface area contributed by atoms with Crippen LogP contribution in [-0.4, -0.2) is 11.6 Å². The van der Waals surface area contributed by atoms with Gasteiger partial charge in [-0.05, 0) is 59.3 Å². The van der Waals surface area contributed by atoms with Crippen molar-refractivity contribution in [2.45, 2.75) is 44.4 Å². The van der Waals surface area contributed by atoms with Gasteiger partial charge in [0, 0.05) is 41.3 Å². The number of halogens is 2. The molecule has 2 aliphatic carbocycles. The lowest BCUT2D eigenvalue weighted by molar-refractivity contribution is -0.116. The first kappa shape index (κ1) is 15.8. The Balaban J connectivity index is 1.92. The SMILES string of the molecule is O=C1CCCC2=C1C(c1ccc(F)c(Br)c1)C1=C(CCCC1=O)N2. The molecule has 0 radical (unpaired) electrons. The lowest BCUT2D eigenvalue weighted by Gasteiger charge is -2.37. The van der Waals surface area contributed by atoms with Crippen LogP contribution in [0.5, 0.6) is 0 Å². The van der Waals surface area contributed by atoms with Gasteiger partial charge >= 0.3 is 0 Å². The lowest BCUT2D eigenvalue weighted by atomic mass is 9.71. The number of hydrogen-bond donors (Lipinski definition) is 1. The standard InChI is InChI=1S/C19H17BrFNO2/c20-11-9-10(7-8-12(11)21)17-18-13(3-1-5-15(18)23)22-14-4-2-6-16(24)19(14)17/h7-9,17,22H,1-6H2. The first-order valence-corrected chi connectivity index (χ1v) is 9.10. The molecule has 0 unspecified atom stereocenters. The third-order valence-corrected chi connectivity index (χ3v) is 5.68. The molecule has 3 aliphatic rings. The highest BCUT2D eigenvalue weighted by molar-refractivity contribution is 9.10. The summed E-state index contributed by atoms with van der Waals surface area (Å²) in [5.41, 5.74) is 4.10. The molecule has 0 spiro atoms. The fourth-order valence-corrected chi connectivity index (χ4v) is 4.41. The molecule has 0 aromatic heterocycles. The van der Waals surface area contributed by atoms with Crippen LogP contribution in [0.25, 0.3) is 0 Å². The number of benzene rings is 1. The van der Waals surface area contributed by atoms with Gasteiger partial charge in [-0.15, -0.1) is 0 Å². The monoisotopic (exact) mass is 389 g/mol. The zero-order valence-corrected chi connectivity index (χ0v) is 14.7. The minimum Gasteiger partial charge on any atom is -0.362 e. The maximum atomic E-state index is 13.7. The molecule has 1 heterocycles. The van der Waals surface area contributed by atoms with E-state index in [1.807, 2.05) is 0 Å². The summed E-state index contributed by atoms with van der Waals surface area (Å²) in [7, 11) is 0. The number of carbonyl (C=O) groups is 2. The normalized spacial score (nSPS) is 21.6. The first-order valence-electron chi connectivity index (χ1n) is 8.30. The summed E-state index contributed by atoms with van der Waals surface area (Å²) in [6.07, 6.45) is 4.34. The van der Waals surface area contributed by atoms with Gasteiger partial charge < -0.3 is 5.32 Å². The summed E-state index contributed by atoms with van der Waals surface area (Å²) in [5, 5.41) is 3.38. The molecular weight excluding hydrogens is 373 g/mol. The molecule has 4 rings (SSSR count). The summed E-state index contributed by atoms with van der Waals surface area (Å²) in [6, 6.07) is 4.78. The molecule has 3 nitrogen and oxygen atoms in total. The molecule has 0 amide bonds. The molecule has 1 aliphatic heterocycles. The second kappa shape index (κ2) is 5.96. The second-order valence-electron chi connectivity index (χ2n) is 6.57. The van der Waals surface area contributed by atoms with Gasteiger partial charge in [0.05, 0.1) is 4.47 Å². The number of Topliss-reactive ketones (excluding diaryl/α,β-unsaturated/α-hetero) is 2. The summed E-state index contributed by atoms with van der Waals surface area (Å²) in [5.74, 6) is -0.520. The molecule has 1 N–H and O–H groups in total. The van der Waals surface area contributed by atoms with Gasteiger partial charge in [-0.3, -0.25) is 9.59 Å². The Labute approximate surface area is 148 Å². The summed E-state index contributed by atoms with van der Waals surface area (Å²) >= 11 is 3.23. The zero-order chi connectivity index (χ0) is 16.8. The highest BCUT2D eigenvalue weighted by Gasteiger charge is 2.40. The molecular formula is C19H17BrFNO2. The molecule has 0 atom stereocenters. The van der Waals surface area contributed by atoms with Crippen molar-refractivity contribution in [1.82, 2.24) is 5.32 Å². The van der Waals surface area contributed by atoms with E-state index in [2.05, 4.69) is 21.2 Å². The van der Waals surface area contributed by atoms with E-state index < -0.39 is 0 Å². The number of carbonyl (C=O) groups excluding carboxylic acids is 2. The first-order chi connectivity index (χ1) is 11.6. The number of allylic oxidation sites excluding steroid dienone is 4. The highest BCUT2D eigenvalue weighted by Crippen LogP contribution is 2.45. The molecule has 5 heteroatoms. The van der Waals surface area contributed by atoms with Crippen LogP contribution in [0, 0.1) is 5.82 Å². The number of nitrogens with one attached hydrogen (secondary N) is 1. The number of dihydropyridines is 1. The molecule has 1 aromatic rings. The average molecular weight is 390 g/mol. The number of rotatable bonds is 1. The summed E-state index contributed by atoms with van der Waals surface area (Å²) in [4.78, 5) is 25.3. The number of ketones is 2. The van der Waals surface area contributed by atoms with Gasteiger partial charge in [-0.1, -0.05) is 6.07 Å². The topological polar surface area (TPSA) is 46.2 Å². The molecule has 0 fully saturated rings. The second-order valence-corrected chi connectivity index (χ2v) is 7.42. The van der Waals surface area contributed by atoms with Crippen molar-refractivity contribution in [3.8, 4) is 0 Å². The van der Waals surface area contributed by atoms with Crippen LogP contribution in [0.4, 0.5) is 4.39 Å². The van der Waals surface area contributed by atoms with E-state index in [9.17, 15) is 14.0 Å². The van der Waals surface area contributed by atoms with Crippen LogP contribution >= 0.6 is 15.9 Å². The molecule has 124 valence electrons. The van der Waals surface area contributed by atoms with Gasteiger partial charge in [0.2, 0.25) is 0 Å². The Hall–Kier alpha value is -1.75. The fourth-order valence-electron chi connectivity index (χ4n) is 4.01. The smallest absolute Gasteiger partial charge is 0.161 e. The van der Waals surface area contributed by atoms with E-state index >= 15 is 0 Å². The summed E-state index contributed by atoms with van der Waals surface area (Å²) < 4.78 is 14.0. The van der Waals surface area contributed by atoms with Crippen molar-refractivity contribution in [3.63, 3.8) is 0 Å². The van der Waals surface area contributed by atoms with Crippen molar-refractivity contribution in [2.24, 2.45) is 0 Å². The van der Waals surface area contributed by atoms with E-state index in [4.69, 9.17) is 0 Å². The minimum absolute atomic E-state index is 0.0964. The molecule has 0 saturated carbocycles. The van der Waals surface area contributed by atoms with Crippen LogP contribution < -0.4 is 5.32 Å². The van der Waals surface area contributed by atoms with Crippen molar-refractivity contribution in [3.05, 3.63) is 56.6 Å². The zero-order valence-electron chi connectivity index (χ0n) is 13.1. The van der Waals surface area contributed by atoms with E-state index in [1.165, 1.54) is 6.07 Å². The Kier molecular flexibility index (Phi) is 3.91. The van der Waals surface area contributed by atoms with Gasteiger partial charge in [-0.25, -0.2) is 4.39 Å². The van der Waals surface area contributed by atoms with Gasteiger partial charge in [0.15, 0.2) is 11.6 Å². The Morgan fingerprint density at radius 1 is 0.958 bits per heavy atom. The van der Waals surface area contributed by atoms with Crippen LogP contribution in [0.15, 0.2) is 45.2 Å². The van der Waals surface area contributed by atoms with Crippen LogP contribution in [0.2, 0.25) is 0 Å². The van der Waals surface area contributed by atoms with Crippen molar-refractivity contribution in [2.75, 3.05) is 0 Å². The van der Waals surface area contributed by atoms with Gasteiger partial charge in [0.1, 0.15) is 5.82 Å². The quantitative estimate of drug-likeness (QED) is 0.778. The van der Waals surface area contributed by atoms with E-state index in [1.54, 1.807) is 12.1 Å². The molecule has 0 bridgehead atoms. The predicted molar refractivity (Wildman–Crippen MR) is 91.7 cm³/mol. The fraction of sp³-hybridized carbons (Fsp3) is 0.368. The van der Waals surface area contributed by atoms with Crippen LogP contribution in [0.3, 0.4) is 0 Å². The van der Waals surface area contributed by atoms with Gasteiger partial charge in [0.25, 0.3) is 0 Å². The predicted octanol–water partition coefficient (Wildman–Crippen LogP) is 4.29. The lowest BCUT2D eigenvalue weighted by Crippen LogP contribution is -2.36. The highest BCUT2D eigenvalue weighted by atomic mass is 79.9. The van der Waals surface area contributed by atoms with Crippen molar-refractivity contribution >= 4 is 27.5 Å². The third kappa shape index (κ3) is 2.46. The Morgan fingerprint density at radius 2 is 1.54 bits per heavy atom. The molecule has 0 saturated heterocycles. The van der Waals surface area contributed by atoms with Crippen LogP contribution in [0.1, 0.15) is 50.0 Å². The maximum Gasteiger partial charge on any atom is 0.161 e. The Bertz CT molecular complexity index is 783. The van der Waals surface area contributed by atoms with Crippen LogP contribution in [-0.2, 0) is 9.59 Å². The van der Waals surface area contributed by atoms with Crippen molar-refractivity contribution < 1.29 is 14.0 Å². The minimum atomic E-state index is -0.367. The van der Waals surface area contributed by atoms with Crippen molar-refractivity contribution in [1.29, 1.82) is 0 Å². The third-order valence-electron chi connectivity index (χ3n) is 5.07. The summed E-state index contributed by atoms with van der Waals surface area (Å²) in [6.45, 7) is 0. The van der Waals surface area contributed by atoms with E-state index in [-0.39, 0.29) is 23.3 Å².